The van der Waals surface area contributed by atoms with Crippen molar-refractivity contribution in [2.75, 3.05) is 5.73 Å². The van der Waals surface area contributed by atoms with Crippen LogP contribution in [0.3, 0.4) is 0 Å². The summed E-state index contributed by atoms with van der Waals surface area (Å²) < 4.78 is 6.25. The van der Waals surface area contributed by atoms with Crippen molar-refractivity contribution in [3.05, 3.63) is 40.9 Å². The highest BCUT2D eigenvalue weighted by molar-refractivity contribution is 9.10. The van der Waals surface area contributed by atoms with Crippen molar-refractivity contribution in [3.63, 3.8) is 0 Å². The molecule has 0 fully saturated rings. The van der Waals surface area contributed by atoms with Crippen LogP contribution in [-0.2, 0) is 0 Å². The summed E-state index contributed by atoms with van der Waals surface area (Å²) in [5, 5.41) is 4.70. The van der Waals surface area contributed by atoms with Gasteiger partial charge in [-0.3, -0.25) is 0 Å². The predicted octanol–water partition coefficient (Wildman–Crippen LogP) is 3.81. The average molecular weight is 322 g/mol. The molecular formula is C12H8BrN3OS. The van der Waals surface area contributed by atoms with Crippen molar-refractivity contribution in [2.24, 2.45) is 0 Å². The minimum atomic E-state index is 0.495. The Balaban J connectivity index is 1.96. The second-order valence-corrected chi connectivity index (χ2v) is 5.66. The third-order valence-electron chi connectivity index (χ3n) is 2.37. The molecule has 1 aromatic carbocycles. The van der Waals surface area contributed by atoms with E-state index in [2.05, 4.69) is 26.1 Å². The van der Waals surface area contributed by atoms with Crippen LogP contribution >= 0.6 is 27.3 Å². The zero-order valence-corrected chi connectivity index (χ0v) is 11.5. The Kier molecular flexibility index (Phi) is 2.89. The van der Waals surface area contributed by atoms with Crippen molar-refractivity contribution < 1.29 is 4.52 Å². The Hall–Kier alpha value is -1.66. The van der Waals surface area contributed by atoms with Gasteiger partial charge in [0.1, 0.15) is 0 Å². The van der Waals surface area contributed by atoms with E-state index in [4.69, 9.17) is 10.3 Å². The Morgan fingerprint density at radius 2 is 1.89 bits per heavy atom. The molecule has 6 heteroatoms. The first kappa shape index (κ1) is 11.4. The number of nitrogens with two attached hydrogens (primary N) is 1. The van der Waals surface area contributed by atoms with E-state index in [1.54, 1.807) is 0 Å². The lowest BCUT2D eigenvalue weighted by Crippen LogP contribution is -1.79. The van der Waals surface area contributed by atoms with Crippen LogP contribution in [0.5, 0.6) is 0 Å². The Bertz CT molecular complexity index is 675. The lowest BCUT2D eigenvalue weighted by Gasteiger charge is -1.93. The van der Waals surface area contributed by atoms with Crippen molar-refractivity contribution in [1.29, 1.82) is 0 Å². The molecule has 3 aromatic rings. The van der Waals surface area contributed by atoms with Gasteiger partial charge in [0.25, 0.3) is 5.89 Å². The third kappa shape index (κ3) is 2.16. The van der Waals surface area contributed by atoms with Gasteiger partial charge in [-0.2, -0.15) is 4.98 Å². The number of nitrogen functional groups attached to an aromatic ring is 1. The molecule has 0 aliphatic rings. The van der Waals surface area contributed by atoms with Crippen LogP contribution < -0.4 is 5.73 Å². The standard InChI is InChI=1S/C12H8BrN3OS/c13-8-3-1-7(2-4-8)11-15-12(17-16-11)9-5-6-10(14)18-9/h1-6H,14H2. The molecule has 0 aliphatic heterocycles. The molecule has 0 unspecified atom stereocenters. The number of rotatable bonds is 2. The lowest BCUT2D eigenvalue weighted by atomic mass is 10.2. The summed E-state index contributed by atoms with van der Waals surface area (Å²) in [6.07, 6.45) is 0. The number of aromatic nitrogens is 2. The summed E-state index contributed by atoms with van der Waals surface area (Å²) in [6.45, 7) is 0. The summed E-state index contributed by atoms with van der Waals surface area (Å²) in [7, 11) is 0. The molecule has 0 spiro atoms. The number of hydrogen-bond acceptors (Lipinski definition) is 5. The highest BCUT2D eigenvalue weighted by Gasteiger charge is 2.11. The van der Waals surface area contributed by atoms with Gasteiger partial charge in [0.05, 0.1) is 9.88 Å². The maximum absolute atomic E-state index is 5.67. The molecule has 90 valence electrons. The van der Waals surface area contributed by atoms with Crippen molar-refractivity contribution in [2.45, 2.75) is 0 Å². The highest BCUT2D eigenvalue weighted by atomic mass is 79.9. The predicted molar refractivity (Wildman–Crippen MR) is 75.2 cm³/mol. The van der Waals surface area contributed by atoms with E-state index >= 15 is 0 Å². The molecular weight excluding hydrogens is 314 g/mol. The number of hydrogen-bond donors (Lipinski definition) is 1. The number of halogens is 1. The highest BCUT2D eigenvalue weighted by Crippen LogP contribution is 2.29. The first-order chi connectivity index (χ1) is 8.72. The number of thiophene rings is 1. The molecule has 2 N–H and O–H groups in total. The van der Waals surface area contributed by atoms with Crippen LogP contribution in [0.15, 0.2) is 45.4 Å². The maximum Gasteiger partial charge on any atom is 0.268 e. The molecule has 3 rings (SSSR count). The van der Waals surface area contributed by atoms with E-state index in [1.165, 1.54) is 11.3 Å². The van der Waals surface area contributed by atoms with E-state index in [9.17, 15) is 0 Å². The number of benzene rings is 1. The van der Waals surface area contributed by atoms with Crippen molar-refractivity contribution in [3.8, 4) is 22.2 Å². The third-order valence-corrected chi connectivity index (χ3v) is 3.80. The zero-order chi connectivity index (χ0) is 12.5. The van der Waals surface area contributed by atoms with E-state index in [0.29, 0.717) is 11.7 Å². The SMILES string of the molecule is Nc1ccc(-c2nc(-c3ccc(Br)cc3)no2)s1. The smallest absolute Gasteiger partial charge is 0.268 e. The van der Waals surface area contributed by atoms with Crippen LogP contribution in [0.25, 0.3) is 22.2 Å². The van der Waals surface area contributed by atoms with E-state index < -0.39 is 0 Å². The molecule has 0 amide bonds. The monoisotopic (exact) mass is 321 g/mol. The van der Waals surface area contributed by atoms with E-state index in [-0.39, 0.29) is 0 Å². The fraction of sp³-hybridized carbons (Fsp3) is 0. The van der Waals surface area contributed by atoms with E-state index in [0.717, 1.165) is 19.9 Å². The number of nitrogens with zero attached hydrogens (tertiary/aromatic N) is 2. The molecule has 4 nitrogen and oxygen atoms in total. The molecule has 18 heavy (non-hydrogen) atoms. The first-order valence-corrected chi connectivity index (χ1v) is 6.78. The summed E-state index contributed by atoms with van der Waals surface area (Å²) in [5.41, 5.74) is 6.59. The Labute approximate surface area is 116 Å². The minimum Gasteiger partial charge on any atom is -0.391 e. The topological polar surface area (TPSA) is 64.9 Å². The van der Waals surface area contributed by atoms with Gasteiger partial charge in [-0.25, -0.2) is 0 Å². The first-order valence-electron chi connectivity index (χ1n) is 5.18. The fourth-order valence-corrected chi connectivity index (χ4v) is 2.47. The largest absolute Gasteiger partial charge is 0.391 e. The summed E-state index contributed by atoms with van der Waals surface area (Å²) in [4.78, 5) is 5.23. The van der Waals surface area contributed by atoms with Gasteiger partial charge in [-0.05, 0) is 36.4 Å². The van der Waals surface area contributed by atoms with Crippen molar-refractivity contribution >= 4 is 32.3 Å². The van der Waals surface area contributed by atoms with Crippen LogP contribution in [0.1, 0.15) is 0 Å². The molecule has 0 saturated heterocycles. The van der Waals surface area contributed by atoms with Gasteiger partial charge in [-0.15, -0.1) is 11.3 Å². The van der Waals surface area contributed by atoms with Gasteiger partial charge in [0, 0.05) is 10.0 Å². The molecule has 0 radical (unpaired) electrons. The minimum absolute atomic E-state index is 0.495. The zero-order valence-electron chi connectivity index (χ0n) is 9.13. The van der Waals surface area contributed by atoms with Crippen LogP contribution in [0.2, 0.25) is 0 Å². The lowest BCUT2D eigenvalue weighted by molar-refractivity contribution is 0.433. The van der Waals surface area contributed by atoms with E-state index in [1.807, 2.05) is 36.4 Å². The molecule has 0 saturated carbocycles. The Morgan fingerprint density at radius 3 is 2.56 bits per heavy atom. The molecule has 2 aromatic heterocycles. The fourth-order valence-electron chi connectivity index (χ4n) is 1.51. The second-order valence-electron chi connectivity index (χ2n) is 3.63. The average Bonchev–Trinajstić information content (AvgIpc) is 2.98. The quantitative estimate of drug-likeness (QED) is 0.779. The van der Waals surface area contributed by atoms with Gasteiger partial charge >= 0.3 is 0 Å². The van der Waals surface area contributed by atoms with Gasteiger partial charge < -0.3 is 10.3 Å². The summed E-state index contributed by atoms with van der Waals surface area (Å²) >= 11 is 4.81. The van der Waals surface area contributed by atoms with Gasteiger partial charge in [0.2, 0.25) is 5.82 Å². The normalized spacial score (nSPS) is 10.7. The van der Waals surface area contributed by atoms with Crippen molar-refractivity contribution in [1.82, 2.24) is 10.1 Å². The Morgan fingerprint density at radius 1 is 1.11 bits per heavy atom. The summed E-state index contributed by atoms with van der Waals surface area (Å²) in [6, 6.07) is 11.4. The van der Waals surface area contributed by atoms with Crippen LogP contribution in [0.4, 0.5) is 5.00 Å². The van der Waals surface area contributed by atoms with Crippen LogP contribution in [-0.4, -0.2) is 10.1 Å². The van der Waals surface area contributed by atoms with Crippen LogP contribution in [0, 0.1) is 0 Å². The second kappa shape index (κ2) is 4.55. The molecule has 0 aliphatic carbocycles. The molecule has 0 bridgehead atoms. The molecule has 0 atom stereocenters. The summed E-state index contributed by atoms with van der Waals surface area (Å²) in [5.74, 6) is 1.07. The number of anilines is 1. The van der Waals surface area contributed by atoms with Gasteiger partial charge in [-0.1, -0.05) is 21.1 Å². The maximum atomic E-state index is 5.67. The molecule has 2 heterocycles. The van der Waals surface area contributed by atoms with Gasteiger partial charge in [0.15, 0.2) is 0 Å².